The zero-order valence-electron chi connectivity index (χ0n) is 15.9. The number of carbonyl (C=O) groups is 1. The van der Waals surface area contributed by atoms with Crippen LogP contribution in [0.4, 0.5) is 17.1 Å². The molecule has 0 unspecified atom stereocenters. The molecule has 0 radical (unpaired) electrons. The van der Waals surface area contributed by atoms with Crippen LogP contribution >= 0.6 is 0 Å². The number of hydrogen-bond acceptors (Lipinski definition) is 4. The first kappa shape index (κ1) is 17.9. The molecule has 0 saturated heterocycles. The standard InChI is InChI=1S/C23H22N2O3/c1-3-25(20-6-4-5-16(2)13-20)19-10-8-18(9-11-19)24-23(26)17-7-12-21-22(14-17)28-15-27-21/h4-14H,3,15H2,1-2H3,(H,24,26). The first-order chi connectivity index (χ1) is 13.6. The Labute approximate surface area is 164 Å². The molecule has 5 heteroatoms. The van der Waals surface area contributed by atoms with Crippen molar-refractivity contribution in [1.82, 2.24) is 0 Å². The first-order valence-corrected chi connectivity index (χ1v) is 9.29. The number of nitrogens with one attached hydrogen (secondary N) is 1. The van der Waals surface area contributed by atoms with E-state index in [1.807, 2.05) is 24.3 Å². The molecule has 4 rings (SSSR count). The second kappa shape index (κ2) is 7.64. The Balaban J connectivity index is 1.49. The fourth-order valence-corrected chi connectivity index (χ4v) is 3.28. The van der Waals surface area contributed by atoms with Crippen molar-refractivity contribution in [2.75, 3.05) is 23.6 Å². The van der Waals surface area contributed by atoms with Crippen molar-refractivity contribution < 1.29 is 14.3 Å². The van der Waals surface area contributed by atoms with Crippen molar-refractivity contribution in [2.45, 2.75) is 13.8 Å². The maximum absolute atomic E-state index is 12.5. The minimum Gasteiger partial charge on any atom is -0.454 e. The Morgan fingerprint density at radius 3 is 2.50 bits per heavy atom. The minimum atomic E-state index is -0.183. The lowest BCUT2D eigenvalue weighted by Gasteiger charge is -2.24. The number of rotatable bonds is 5. The van der Waals surface area contributed by atoms with Gasteiger partial charge in [0.05, 0.1) is 0 Å². The van der Waals surface area contributed by atoms with E-state index in [4.69, 9.17) is 9.47 Å². The van der Waals surface area contributed by atoms with E-state index in [-0.39, 0.29) is 12.7 Å². The molecule has 0 saturated carbocycles. The summed E-state index contributed by atoms with van der Waals surface area (Å²) in [6.07, 6.45) is 0. The van der Waals surface area contributed by atoms with Gasteiger partial charge < -0.3 is 19.7 Å². The molecule has 0 bridgehead atoms. The molecule has 0 fully saturated rings. The molecule has 1 aliphatic rings. The topological polar surface area (TPSA) is 50.8 Å². The smallest absolute Gasteiger partial charge is 0.255 e. The second-order valence-electron chi connectivity index (χ2n) is 6.65. The van der Waals surface area contributed by atoms with Gasteiger partial charge in [0.2, 0.25) is 6.79 Å². The summed E-state index contributed by atoms with van der Waals surface area (Å²) in [6, 6.07) is 21.5. The first-order valence-electron chi connectivity index (χ1n) is 9.29. The van der Waals surface area contributed by atoms with E-state index in [1.165, 1.54) is 5.56 Å². The van der Waals surface area contributed by atoms with Gasteiger partial charge in [-0.1, -0.05) is 12.1 Å². The number of anilines is 3. The molecule has 1 aliphatic heterocycles. The molecule has 3 aromatic rings. The molecular formula is C23H22N2O3. The van der Waals surface area contributed by atoms with Gasteiger partial charge in [0.1, 0.15) is 0 Å². The van der Waals surface area contributed by atoms with Crippen LogP contribution < -0.4 is 19.7 Å². The normalized spacial score (nSPS) is 11.9. The Kier molecular flexibility index (Phi) is 4.89. The average molecular weight is 374 g/mol. The summed E-state index contributed by atoms with van der Waals surface area (Å²) in [6.45, 7) is 5.26. The second-order valence-corrected chi connectivity index (χ2v) is 6.65. The Bertz CT molecular complexity index is 999. The third-order valence-electron chi connectivity index (χ3n) is 4.70. The highest BCUT2D eigenvalue weighted by atomic mass is 16.7. The van der Waals surface area contributed by atoms with Crippen molar-refractivity contribution >= 4 is 23.0 Å². The zero-order valence-corrected chi connectivity index (χ0v) is 15.9. The number of amides is 1. The van der Waals surface area contributed by atoms with Gasteiger partial charge in [-0.3, -0.25) is 4.79 Å². The monoisotopic (exact) mass is 374 g/mol. The molecule has 5 nitrogen and oxygen atoms in total. The van der Waals surface area contributed by atoms with Crippen LogP contribution in [0.2, 0.25) is 0 Å². The highest BCUT2D eigenvalue weighted by molar-refractivity contribution is 6.04. The van der Waals surface area contributed by atoms with E-state index in [2.05, 4.69) is 48.3 Å². The summed E-state index contributed by atoms with van der Waals surface area (Å²) < 4.78 is 10.6. The molecule has 142 valence electrons. The van der Waals surface area contributed by atoms with Crippen molar-refractivity contribution in [3.8, 4) is 11.5 Å². The van der Waals surface area contributed by atoms with Crippen LogP contribution in [0.5, 0.6) is 11.5 Å². The molecular weight excluding hydrogens is 352 g/mol. The predicted molar refractivity (Wildman–Crippen MR) is 111 cm³/mol. The lowest BCUT2D eigenvalue weighted by Crippen LogP contribution is -2.16. The molecule has 0 aliphatic carbocycles. The molecule has 28 heavy (non-hydrogen) atoms. The van der Waals surface area contributed by atoms with E-state index in [0.29, 0.717) is 17.1 Å². The van der Waals surface area contributed by atoms with Gasteiger partial charge in [0, 0.05) is 29.2 Å². The number of fused-ring (bicyclic) bond motifs is 1. The van der Waals surface area contributed by atoms with Crippen LogP contribution in [0.15, 0.2) is 66.7 Å². The van der Waals surface area contributed by atoms with E-state index in [1.54, 1.807) is 18.2 Å². The van der Waals surface area contributed by atoms with E-state index >= 15 is 0 Å². The van der Waals surface area contributed by atoms with Crippen LogP contribution in [0, 0.1) is 6.92 Å². The summed E-state index contributed by atoms with van der Waals surface area (Å²) in [4.78, 5) is 14.8. The maximum atomic E-state index is 12.5. The lowest BCUT2D eigenvalue weighted by atomic mass is 10.1. The summed E-state index contributed by atoms with van der Waals surface area (Å²) >= 11 is 0. The Morgan fingerprint density at radius 2 is 1.75 bits per heavy atom. The maximum Gasteiger partial charge on any atom is 0.255 e. The van der Waals surface area contributed by atoms with Gasteiger partial charge in [0.25, 0.3) is 5.91 Å². The fraction of sp³-hybridized carbons (Fsp3) is 0.174. The van der Waals surface area contributed by atoms with Crippen LogP contribution in [0.1, 0.15) is 22.8 Å². The van der Waals surface area contributed by atoms with Gasteiger partial charge in [-0.25, -0.2) is 0 Å². The van der Waals surface area contributed by atoms with E-state index in [9.17, 15) is 4.79 Å². The minimum absolute atomic E-state index is 0.183. The number of ether oxygens (including phenoxy) is 2. The van der Waals surface area contributed by atoms with Gasteiger partial charge in [-0.15, -0.1) is 0 Å². The largest absolute Gasteiger partial charge is 0.454 e. The Hall–Kier alpha value is -3.47. The van der Waals surface area contributed by atoms with Gasteiger partial charge in [-0.05, 0) is 74.0 Å². The van der Waals surface area contributed by atoms with Crippen molar-refractivity contribution in [1.29, 1.82) is 0 Å². The molecule has 1 heterocycles. The van der Waals surface area contributed by atoms with Gasteiger partial charge in [-0.2, -0.15) is 0 Å². The van der Waals surface area contributed by atoms with Crippen LogP contribution in [0.3, 0.4) is 0 Å². The molecule has 1 N–H and O–H groups in total. The van der Waals surface area contributed by atoms with Crippen molar-refractivity contribution in [3.05, 3.63) is 77.9 Å². The fourth-order valence-electron chi connectivity index (χ4n) is 3.28. The lowest BCUT2D eigenvalue weighted by molar-refractivity contribution is 0.102. The van der Waals surface area contributed by atoms with Crippen LogP contribution in [-0.2, 0) is 0 Å². The van der Waals surface area contributed by atoms with Crippen LogP contribution in [0.25, 0.3) is 0 Å². The summed E-state index contributed by atoms with van der Waals surface area (Å²) in [5.74, 6) is 1.08. The highest BCUT2D eigenvalue weighted by Crippen LogP contribution is 2.33. The average Bonchev–Trinajstić information content (AvgIpc) is 3.18. The number of hydrogen-bond donors (Lipinski definition) is 1. The van der Waals surface area contributed by atoms with Crippen LogP contribution in [-0.4, -0.2) is 19.2 Å². The highest BCUT2D eigenvalue weighted by Gasteiger charge is 2.16. The number of aryl methyl sites for hydroxylation is 1. The molecule has 0 spiro atoms. The quantitative estimate of drug-likeness (QED) is 0.672. The van der Waals surface area contributed by atoms with Gasteiger partial charge >= 0.3 is 0 Å². The number of benzene rings is 3. The molecule has 0 aromatic heterocycles. The molecule has 1 amide bonds. The SMILES string of the molecule is CCN(c1ccc(NC(=O)c2ccc3c(c2)OCO3)cc1)c1cccc(C)c1. The number of carbonyl (C=O) groups excluding carboxylic acids is 1. The van der Waals surface area contributed by atoms with E-state index in [0.717, 1.165) is 23.6 Å². The third kappa shape index (κ3) is 3.64. The summed E-state index contributed by atoms with van der Waals surface area (Å²) in [5.41, 5.74) is 4.73. The summed E-state index contributed by atoms with van der Waals surface area (Å²) in [7, 11) is 0. The van der Waals surface area contributed by atoms with Crippen molar-refractivity contribution in [3.63, 3.8) is 0 Å². The van der Waals surface area contributed by atoms with Gasteiger partial charge in [0.15, 0.2) is 11.5 Å². The zero-order chi connectivity index (χ0) is 19.5. The molecule has 0 atom stereocenters. The number of nitrogens with zero attached hydrogens (tertiary/aromatic N) is 1. The van der Waals surface area contributed by atoms with Crippen molar-refractivity contribution in [2.24, 2.45) is 0 Å². The van der Waals surface area contributed by atoms with E-state index < -0.39 is 0 Å². The predicted octanol–water partition coefficient (Wildman–Crippen LogP) is 5.13. The molecule has 3 aromatic carbocycles. The Morgan fingerprint density at radius 1 is 0.964 bits per heavy atom. The summed E-state index contributed by atoms with van der Waals surface area (Å²) in [5, 5.41) is 2.93. The third-order valence-corrected chi connectivity index (χ3v) is 4.70.